The Morgan fingerprint density at radius 2 is 2.40 bits per heavy atom. The number of nitrogens with one attached hydrogen (secondary N) is 2. The van der Waals surface area contributed by atoms with Crippen LogP contribution in [0.5, 0.6) is 0 Å². The van der Waals surface area contributed by atoms with Crippen LogP contribution in [0.2, 0.25) is 5.28 Å². The van der Waals surface area contributed by atoms with Crippen molar-refractivity contribution in [1.82, 2.24) is 30.6 Å². The smallest absolute Gasteiger partial charge is 0.224 e. The zero-order valence-corrected chi connectivity index (χ0v) is 8.03. The predicted molar refractivity (Wildman–Crippen MR) is 48.5 cm³/mol. The molecule has 0 unspecified atom stereocenters. The van der Waals surface area contributed by atoms with E-state index in [1.165, 1.54) is 0 Å². The van der Waals surface area contributed by atoms with Crippen LogP contribution in [0, 0.1) is 5.82 Å². The van der Waals surface area contributed by atoms with Gasteiger partial charge in [0, 0.05) is 0 Å². The highest BCUT2D eigenvalue weighted by molar-refractivity contribution is 6.28. The molecule has 0 aliphatic heterocycles. The molecule has 0 saturated carbocycles. The van der Waals surface area contributed by atoms with E-state index in [1.54, 1.807) is 0 Å². The van der Waals surface area contributed by atoms with Gasteiger partial charge in [-0.05, 0) is 11.6 Å². The lowest BCUT2D eigenvalue weighted by atomic mass is 10.5. The molecular weight excluding hydrogens is 225 g/mol. The van der Waals surface area contributed by atoms with Gasteiger partial charge in [0.25, 0.3) is 0 Å². The van der Waals surface area contributed by atoms with Crippen molar-refractivity contribution >= 4 is 17.4 Å². The van der Waals surface area contributed by atoms with E-state index in [2.05, 4.69) is 35.9 Å². The predicted octanol–water partition coefficient (Wildman–Crippen LogP) is 0.394. The molecule has 2 N–H and O–H groups in total. The second kappa shape index (κ2) is 4.13. The molecule has 0 bridgehead atoms. The fourth-order valence-electron chi connectivity index (χ4n) is 0.890. The Hall–Kier alpha value is -1.83. The summed E-state index contributed by atoms with van der Waals surface area (Å²) in [5, 5.41) is 15.6. The van der Waals surface area contributed by atoms with Crippen LogP contribution in [0.3, 0.4) is 0 Å². The van der Waals surface area contributed by atoms with E-state index >= 15 is 0 Å². The third-order valence-corrected chi connectivity index (χ3v) is 1.70. The summed E-state index contributed by atoms with van der Waals surface area (Å²) in [6.07, 6.45) is 0.980. The molecule has 0 aliphatic rings. The summed E-state index contributed by atoms with van der Waals surface area (Å²) in [5.74, 6) is -0.202. The Morgan fingerprint density at radius 3 is 3.13 bits per heavy atom. The fraction of sp³-hybridized carbons (Fsp3) is 0.167. The topological polar surface area (TPSA) is 92.3 Å². The van der Waals surface area contributed by atoms with E-state index in [0.29, 0.717) is 5.82 Å². The average Bonchev–Trinajstić information content (AvgIpc) is 2.72. The maximum Gasteiger partial charge on any atom is 0.224 e. The Balaban J connectivity index is 2.07. The van der Waals surface area contributed by atoms with Gasteiger partial charge < -0.3 is 5.32 Å². The van der Waals surface area contributed by atoms with Gasteiger partial charge in [0.15, 0.2) is 17.5 Å². The molecule has 2 aromatic heterocycles. The number of hydrogen-bond acceptors (Lipinski definition) is 6. The molecule has 2 aromatic rings. The summed E-state index contributed by atoms with van der Waals surface area (Å²) in [4.78, 5) is 7.13. The zero-order chi connectivity index (χ0) is 10.7. The molecule has 0 aliphatic carbocycles. The lowest BCUT2D eigenvalue weighted by Crippen LogP contribution is -2.05. The van der Waals surface area contributed by atoms with Crippen LogP contribution in [-0.4, -0.2) is 30.6 Å². The Kier molecular flexibility index (Phi) is 2.68. The zero-order valence-electron chi connectivity index (χ0n) is 7.28. The van der Waals surface area contributed by atoms with Crippen LogP contribution in [0.15, 0.2) is 6.20 Å². The van der Waals surface area contributed by atoms with Gasteiger partial charge in [-0.25, -0.2) is 9.37 Å². The van der Waals surface area contributed by atoms with Crippen LogP contribution in [0.1, 0.15) is 5.82 Å². The van der Waals surface area contributed by atoms with E-state index in [4.69, 9.17) is 11.6 Å². The number of anilines is 1. The van der Waals surface area contributed by atoms with Crippen LogP contribution >= 0.6 is 11.6 Å². The molecule has 0 amide bonds. The van der Waals surface area contributed by atoms with Crippen molar-refractivity contribution in [2.45, 2.75) is 6.54 Å². The van der Waals surface area contributed by atoms with Gasteiger partial charge >= 0.3 is 0 Å². The second-order valence-electron chi connectivity index (χ2n) is 2.52. The van der Waals surface area contributed by atoms with Crippen LogP contribution in [0.25, 0.3) is 0 Å². The van der Waals surface area contributed by atoms with Gasteiger partial charge in [0.05, 0.1) is 12.7 Å². The molecule has 9 heteroatoms. The molecule has 0 fully saturated rings. The van der Waals surface area contributed by atoms with Crippen LogP contribution < -0.4 is 5.32 Å². The Bertz CT molecular complexity index is 445. The van der Waals surface area contributed by atoms with E-state index in [1.807, 2.05) is 0 Å². The maximum absolute atomic E-state index is 13.1. The molecule has 15 heavy (non-hydrogen) atoms. The monoisotopic (exact) mass is 229 g/mol. The van der Waals surface area contributed by atoms with E-state index in [0.717, 1.165) is 6.20 Å². The molecule has 2 heterocycles. The highest BCUT2D eigenvalue weighted by Crippen LogP contribution is 2.12. The Labute approximate surface area is 88.1 Å². The first-order valence-corrected chi connectivity index (χ1v) is 4.28. The van der Waals surface area contributed by atoms with Gasteiger partial charge in [-0.2, -0.15) is 10.2 Å². The molecule has 0 radical (unpaired) electrons. The molecule has 7 nitrogen and oxygen atoms in total. The SMILES string of the molecule is Fc1cnc(Cl)nc1NCc1nn[nH]n1. The van der Waals surface area contributed by atoms with Gasteiger partial charge in [-0.1, -0.05) is 5.21 Å². The van der Waals surface area contributed by atoms with Gasteiger partial charge in [-0.15, -0.1) is 10.2 Å². The van der Waals surface area contributed by atoms with Gasteiger partial charge in [0.1, 0.15) is 0 Å². The average molecular weight is 230 g/mol. The maximum atomic E-state index is 13.1. The number of aromatic nitrogens is 6. The number of halogens is 2. The Morgan fingerprint density at radius 1 is 1.53 bits per heavy atom. The standard InChI is InChI=1S/C6H5ClFN7/c7-6-10-1-3(8)5(11-6)9-2-4-12-14-15-13-4/h1H,2H2,(H,9,10,11)(H,12,13,14,15). The number of nitrogens with zero attached hydrogens (tertiary/aromatic N) is 5. The molecule has 0 saturated heterocycles. The van der Waals surface area contributed by atoms with Crippen molar-refractivity contribution in [1.29, 1.82) is 0 Å². The molecule has 0 atom stereocenters. The first-order chi connectivity index (χ1) is 7.25. The third-order valence-electron chi connectivity index (χ3n) is 1.52. The number of H-pyrrole nitrogens is 1. The number of tetrazole rings is 1. The first-order valence-electron chi connectivity index (χ1n) is 3.90. The molecule has 78 valence electrons. The number of hydrogen-bond donors (Lipinski definition) is 2. The van der Waals surface area contributed by atoms with Gasteiger partial charge in [0.2, 0.25) is 5.28 Å². The minimum atomic E-state index is -0.595. The van der Waals surface area contributed by atoms with E-state index in [-0.39, 0.29) is 17.6 Å². The first kappa shape index (κ1) is 9.71. The van der Waals surface area contributed by atoms with Crippen LogP contribution in [0.4, 0.5) is 10.2 Å². The lowest BCUT2D eigenvalue weighted by Gasteiger charge is -2.02. The summed E-state index contributed by atoms with van der Waals surface area (Å²) in [6, 6.07) is 0. The van der Waals surface area contributed by atoms with Crippen molar-refractivity contribution in [2.75, 3.05) is 5.32 Å². The summed E-state index contributed by atoms with van der Waals surface area (Å²) < 4.78 is 13.1. The molecule has 2 rings (SSSR count). The molecule has 0 aromatic carbocycles. The van der Waals surface area contributed by atoms with Crippen molar-refractivity contribution in [3.63, 3.8) is 0 Å². The van der Waals surface area contributed by atoms with Crippen molar-refractivity contribution < 1.29 is 4.39 Å². The number of rotatable bonds is 3. The third kappa shape index (κ3) is 2.34. The van der Waals surface area contributed by atoms with Crippen molar-refractivity contribution in [3.05, 3.63) is 23.1 Å². The minimum absolute atomic E-state index is 0.000185. The highest BCUT2D eigenvalue weighted by atomic mass is 35.5. The normalized spacial score (nSPS) is 10.3. The summed E-state index contributed by atoms with van der Waals surface area (Å²) >= 11 is 5.50. The van der Waals surface area contributed by atoms with Crippen molar-refractivity contribution in [3.8, 4) is 0 Å². The fourth-order valence-corrected chi connectivity index (χ4v) is 1.02. The van der Waals surface area contributed by atoms with Gasteiger partial charge in [-0.3, -0.25) is 0 Å². The second-order valence-corrected chi connectivity index (χ2v) is 2.86. The summed E-state index contributed by atoms with van der Waals surface area (Å²) in [7, 11) is 0. The molecule has 0 spiro atoms. The van der Waals surface area contributed by atoms with Crippen LogP contribution in [-0.2, 0) is 6.54 Å². The molecular formula is C6H5ClFN7. The van der Waals surface area contributed by atoms with E-state index < -0.39 is 5.82 Å². The minimum Gasteiger partial charge on any atom is -0.360 e. The quantitative estimate of drug-likeness (QED) is 0.740. The largest absolute Gasteiger partial charge is 0.360 e. The van der Waals surface area contributed by atoms with Crippen molar-refractivity contribution in [2.24, 2.45) is 0 Å². The highest BCUT2D eigenvalue weighted by Gasteiger charge is 2.06. The summed E-state index contributed by atoms with van der Waals surface area (Å²) in [5.41, 5.74) is 0. The lowest BCUT2D eigenvalue weighted by molar-refractivity contribution is 0.616. The number of aromatic amines is 1. The summed E-state index contributed by atoms with van der Waals surface area (Å²) in [6.45, 7) is 0.195. The van der Waals surface area contributed by atoms with E-state index in [9.17, 15) is 4.39 Å².